The van der Waals surface area contributed by atoms with E-state index in [1.807, 2.05) is 12.1 Å². The van der Waals surface area contributed by atoms with Gasteiger partial charge in [0.25, 0.3) is 0 Å². The molecule has 1 aliphatic rings. The van der Waals surface area contributed by atoms with Gasteiger partial charge in [0.1, 0.15) is 18.2 Å². The summed E-state index contributed by atoms with van der Waals surface area (Å²) in [6.45, 7) is 0.896. The second-order valence-electron chi connectivity index (χ2n) is 3.38. The SMILES string of the molecule is NCC1COc2ccc3ncoc3c2O1. The van der Waals surface area contributed by atoms with Crippen LogP contribution in [0.25, 0.3) is 11.1 Å². The van der Waals surface area contributed by atoms with Gasteiger partial charge in [0.15, 0.2) is 17.7 Å². The average molecular weight is 206 g/mol. The first-order chi connectivity index (χ1) is 7.38. The molecule has 0 fully saturated rings. The number of hydrogen-bond acceptors (Lipinski definition) is 5. The molecular formula is C10H10N2O3. The van der Waals surface area contributed by atoms with Crippen LogP contribution >= 0.6 is 0 Å². The number of ether oxygens (including phenoxy) is 2. The number of benzene rings is 1. The van der Waals surface area contributed by atoms with Crippen LogP contribution in [0.1, 0.15) is 0 Å². The van der Waals surface area contributed by atoms with Gasteiger partial charge in [0.05, 0.1) is 0 Å². The van der Waals surface area contributed by atoms with Crippen molar-refractivity contribution < 1.29 is 13.9 Å². The summed E-state index contributed by atoms with van der Waals surface area (Å²) in [6, 6.07) is 3.66. The number of oxazole rings is 1. The molecule has 1 aliphatic heterocycles. The lowest BCUT2D eigenvalue weighted by atomic mass is 10.2. The molecule has 0 bridgehead atoms. The molecule has 0 amide bonds. The first-order valence-electron chi connectivity index (χ1n) is 4.74. The molecule has 1 aromatic heterocycles. The lowest BCUT2D eigenvalue weighted by Crippen LogP contribution is -2.35. The van der Waals surface area contributed by atoms with Gasteiger partial charge in [0, 0.05) is 6.54 Å². The van der Waals surface area contributed by atoms with Crippen LogP contribution in [-0.2, 0) is 0 Å². The zero-order chi connectivity index (χ0) is 10.3. The largest absolute Gasteiger partial charge is 0.486 e. The monoisotopic (exact) mass is 206 g/mol. The van der Waals surface area contributed by atoms with Crippen LogP contribution in [0.15, 0.2) is 22.9 Å². The first kappa shape index (κ1) is 8.55. The Balaban J connectivity index is 2.15. The van der Waals surface area contributed by atoms with Gasteiger partial charge < -0.3 is 19.6 Å². The molecule has 15 heavy (non-hydrogen) atoms. The molecule has 78 valence electrons. The van der Waals surface area contributed by atoms with Crippen LogP contribution in [0.2, 0.25) is 0 Å². The summed E-state index contributed by atoms with van der Waals surface area (Å²) in [4.78, 5) is 4.04. The third kappa shape index (κ3) is 1.24. The fourth-order valence-corrected chi connectivity index (χ4v) is 1.61. The van der Waals surface area contributed by atoms with Crippen LogP contribution in [0, 0.1) is 0 Å². The summed E-state index contributed by atoms with van der Waals surface area (Å²) in [6.07, 6.45) is 1.27. The fraction of sp³-hybridized carbons (Fsp3) is 0.300. The summed E-state index contributed by atoms with van der Waals surface area (Å²) in [7, 11) is 0. The van der Waals surface area contributed by atoms with Crippen LogP contribution < -0.4 is 15.2 Å². The molecule has 0 spiro atoms. The van der Waals surface area contributed by atoms with Crippen molar-refractivity contribution in [3.05, 3.63) is 18.5 Å². The van der Waals surface area contributed by atoms with Gasteiger partial charge in [0.2, 0.25) is 5.75 Å². The lowest BCUT2D eigenvalue weighted by Gasteiger charge is -2.25. The van der Waals surface area contributed by atoms with Crippen molar-refractivity contribution in [2.45, 2.75) is 6.10 Å². The van der Waals surface area contributed by atoms with Gasteiger partial charge in [-0.15, -0.1) is 0 Å². The molecule has 0 radical (unpaired) electrons. The fourth-order valence-electron chi connectivity index (χ4n) is 1.61. The number of rotatable bonds is 1. The van der Waals surface area contributed by atoms with E-state index in [1.54, 1.807) is 0 Å². The van der Waals surface area contributed by atoms with E-state index in [9.17, 15) is 0 Å². The molecule has 0 saturated heterocycles. The average Bonchev–Trinajstić information content (AvgIpc) is 2.76. The summed E-state index contributed by atoms with van der Waals surface area (Å²) >= 11 is 0. The summed E-state index contributed by atoms with van der Waals surface area (Å²) < 4.78 is 16.4. The number of nitrogens with zero attached hydrogens (tertiary/aromatic N) is 1. The third-order valence-corrected chi connectivity index (χ3v) is 2.39. The van der Waals surface area contributed by atoms with Crippen molar-refractivity contribution in [2.24, 2.45) is 5.73 Å². The Kier molecular flexibility index (Phi) is 1.78. The topological polar surface area (TPSA) is 70.5 Å². The number of nitrogens with two attached hydrogens (primary N) is 1. The summed E-state index contributed by atoms with van der Waals surface area (Å²) in [5.74, 6) is 1.29. The Morgan fingerprint density at radius 3 is 3.27 bits per heavy atom. The molecular weight excluding hydrogens is 196 g/mol. The maximum atomic E-state index is 5.67. The highest BCUT2D eigenvalue weighted by Crippen LogP contribution is 2.38. The predicted molar refractivity (Wildman–Crippen MR) is 53.0 cm³/mol. The molecule has 1 unspecified atom stereocenters. The molecule has 5 nitrogen and oxygen atoms in total. The number of fused-ring (bicyclic) bond motifs is 3. The highest BCUT2D eigenvalue weighted by Gasteiger charge is 2.23. The maximum absolute atomic E-state index is 5.67. The van der Waals surface area contributed by atoms with Gasteiger partial charge in [-0.3, -0.25) is 0 Å². The minimum atomic E-state index is -0.117. The minimum absolute atomic E-state index is 0.117. The molecule has 2 heterocycles. The molecule has 3 rings (SSSR count). The smallest absolute Gasteiger partial charge is 0.207 e. The number of hydrogen-bond donors (Lipinski definition) is 1. The molecule has 2 aromatic rings. The van der Waals surface area contributed by atoms with Crippen molar-refractivity contribution in [1.29, 1.82) is 0 Å². The maximum Gasteiger partial charge on any atom is 0.207 e. The number of aromatic nitrogens is 1. The minimum Gasteiger partial charge on any atom is -0.486 e. The molecule has 1 aromatic carbocycles. The van der Waals surface area contributed by atoms with Crippen molar-refractivity contribution in [1.82, 2.24) is 4.98 Å². The van der Waals surface area contributed by atoms with E-state index in [4.69, 9.17) is 19.6 Å². The predicted octanol–water partition coefficient (Wildman–Crippen LogP) is 0.926. The van der Waals surface area contributed by atoms with Gasteiger partial charge in [-0.2, -0.15) is 0 Å². The van der Waals surface area contributed by atoms with E-state index in [1.165, 1.54) is 6.39 Å². The Bertz CT molecular complexity index is 494. The van der Waals surface area contributed by atoms with Gasteiger partial charge >= 0.3 is 0 Å². The Labute approximate surface area is 85.8 Å². The van der Waals surface area contributed by atoms with E-state index in [-0.39, 0.29) is 6.10 Å². The Hall–Kier alpha value is -1.75. The highest BCUT2D eigenvalue weighted by molar-refractivity contribution is 5.82. The van der Waals surface area contributed by atoms with Gasteiger partial charge in [-0.1, -0.05) is 0 Å². The van der Waals surface area contributed by atoms with Crippen LogP contribution in [0.5, 0.6) is 11.5 Å². The summed E-state index contributed by atoms with van der Waals surface area (Å²) in [5.41, 5.74) is 6.90. The highest BCUT2D eigenvalue weighted by atomic mass is 16.6. The lowest BCUT2D eigenvalue weighted by molar-refractivity contribution is 0.0975. The molecule has 1 atom stereocenters. The van der Waals surface area contributed by atoms with Crippen LogP contribution in [0.3, 0.4) is 0 Å². The molecule has 5 heteroatoms. The summed E-state index contributed by atoms with van der Waals surface area (Å²) in [5, 5.41) is 0. The van der Waals surface area contributed by atoms with E-state index in [0.29, 0.717) is 30.2 Å². The quantitative estimate of drug-likeness (QED) is 0.751. The second-order valence-corrected chi connectivity index (χ2v) is 3.38. The normalized spacial score (nSPS) is 19.4. The van der Waals surface area contributed by atoms with Crippen molar-refractivity contribution in [3.8, 4) is 11.5 Å². The van der Waals surface area contributed by atoms with E-state index >= 15 is 0 Å². The van der Waals surface area contributed by atoms with Crippen molar-refractivity contribution in [2.75, 3.05) is 13.2 Å². The zero-order valence-corrected chi connectivity index (χ0v) is 7.97. The Morgan fingerprint density at radius 2 is 2.40 bits per heavy atom. The van der Waals surface area contributed by atoms with Crippen molar-refractivity contribution in [3.63, 3.8) is 0 Å². The molecule has 2 N–H and O–H groups in total. The molecule has 0 saturated carbocycles. The van der Waals surface area contributed by atoms with Gasteiger partial charge in [-0.05, 0) is 12.1 Å². The van der Waals surface area contributed by atoms with E-state index < -0.39 is 0 Å². The second kappa shape index (κ2) is 3.13. The van der Waals surface area contributed by atoms with Crippen LogP contribution in [0.4, 0.5) is 0 Å². The van der Waals surface area contributed by atoms with Crippen molar-refractivity contribution >= 4 is 11.1 Å². The van der Waals surface area contributed by atoms with E-state index in [2.05, 4.69) is 4.98 Å². The standard InChI is InChI=1S/C10H10N2O3/c11-3-6-4-13-8-2-1-7-9(10(8)15-6)14-5-12-7/h1-2,5-6H,3-4,11H2. The van der Waals surface area contributed by atoms with E-state index in [0.717, 1.165) is 5.52 Å². The van der Waals surface area contributed by atoms with Crippen LogP contribution in [-0.4, -0.2) is 24.2 Å². The Morgan fingerprint density at radius 1 is 1.47 bits per heavy atom. The van der Waals surface area contributed by atoms with Gasteiger partial charge in [-0.25, -0.2) is 4.98 Å². The zero-order valence-electron chi connectivity index (χ0n) is 7.97. The molecule has 0 aliphatic carbocycles. The third-order valence-electron chi connectivity index (χ3n) is 2.39. The first-order valence-corrected chi connectivity index (χ1v) is 4.74.